The smallest absolute Gasteiger partial charge is 0.246 e. The largest absolute Gasteiger partial charge is 0.334 e. The average Bonchev–Trinajstić information content (AvgIpc) is 3.24. The molecule has 0 fully saturated rings. The maximum atomic E-state index is 12.3. The maximum absolute atomic E-state index is 12.3. The first-order valence-electron chi connectivity index (χ1n) is 8.22. The molecule has 0 radical (unpaired) electrons. The van der Waals surface area contributed by atoms with Gasteiger partial charge < -0.3 is 9.88 Å². The zero-order valence-corrected chi connectivity index (χ0v) is 13.4. The Morgan fingerprint density at radius 2 is 2.12 bits per heavy atom. The highest BCUT2D eigenvalue weighted by atomic mass is 16.2. The summed E-state index contributed by atoms with van der Waals surface area (Å²) in [6.07, 6.45) is 8.94. The van der Waals surface area contributed by atoms with E-state index < -0.39 is 0 Å². The zero-order valence-electron chi connectivity index (χ0n) is 13.4. The number of carbonyl (C=O) groups excluding carboxylic acids is 1. The monoisotopic (exact) mass is 321 g/mol. The molecule has 0 saturated carbocycles. The molecule has 3 heterocycles. The Kier molecular flexibility index (Phi) is 3.86. The number of para-hydroxylation sites is 1. The number of rotatable bonds is 4. The van der Waals surface area contributed by atoms with Gasteiger partial charge in [-0.2, -0.15) is 5.10 Å². The average molecular weight is 321 g/mol. The van der Waals surface area contributed by atoms with Gasteiger partial charge in [-0.1, -0.05) is 18.2 Å². The molecule has 1 aliphatic heterocycles. The minimum absolute atomic E-state index is 0.102. The molecule has 1 N–H and O–H groups in total. The summed E-state index contributed by atoms with van der Waals surface area (Å²) in [6.45, 7) is 1.22. The van der Waals surface area contributed by atoms with Gasteiger partial charge >= 0.3 is 0 Å². The number of hydrogen-bond donors (Lipinski definition) is 1. The molecule has 0 aliphatic carbocycles. The molecule has 1 aliphatic rings. The Hall–Kier alpha value is -2.89. The highest BCUT2D eigenvalue weighted by Crippen LogP contribution is 2.28. The van der Waals surface area contributed by atoms with E-state index in [-0.39, 0.29) is 12.5 Å². The van der Waals surface area contributed by atoms with E-state index in [1.54, 1.807) is 23.1 Å². The molecular formula is C18H19N5O. The van der Waals surface area contributed by atoms with Crippen molar-refractivity contribution in [3.05, 3.63) is 54.7 Å². The van der Waals surface area contributed by atoms with Crippen molar-refractivity contribution in [2.75, 3.05) is 5.32 Å². The van der Waals surface area contributed by atoms with Gasteiger partial charge in [0, 0.05) is 37.1 Å². The normalized spacial score (nSPS) is 13.5. The Balaban J connectivity index is 1.58. The Morgan fingerprint density at radius 1 is 1.21 bits per heavy atom. The van der Waals surface area contributed by atoms with Crippen molar-refractivity contribution in [3.63, 3.8) is 0 Å². The van der Waals surface area contributed by atoms with E-state index in [0.29, 0.717) is 0 Å². The molecule has 1 amide bonds. The first-order chi connectivity index (χ1) is 11.8. The molecule has 3 aromatic rings. The molecule has 6 nitrogen and oxygen atoms in total. The van der Waals surface area contributed by atoms with Gasteiger partial charge in [-0.3, -0.25) is 9.48 Å². The molecular weight excluding hydrogens is 302 g/mol. The van der Waals surface area contributed by atoms with Crippen molar-refractivity contribution in [1.82, 2.24) is 19.3 Å². The van der Waals surface area contributed by atoms with E-state index in [0.717, 1.165) is 35.7 Å². The lowest BCUT2D eigenvalue weighted by atomic mass is 10.1. The zero-order chi connectivity index (χ0) is 16.4. The standard InChI is InChI=1S/C18H19N5O/c24-18(13-23-11-5-9-19-23)21-15-7-2-1-6-14(15)16-12-22-10-4-3-8-17(22)20-16/h1-2,5-7,9,11-12H,3-4,8,10,13H2,(H,21,24). The van der Waals surface area contributed by atoms with Crippen LogP contribution < -0.4 is 5.32 Å². The van der Waals surface area contributed by atoms with Crippen LogP contribution in [0.1, 0.15) is 18.7 Å². The van der Waals surface area contributed by atoms with Gasteiger partial charge in [-0.05, 0) is 25.0 Å². The fourth-order valence-corrected chi connectivity index (χ4v) is 3.09. The van der Waals surface area contributed by atoms with Crippen LogP contribution in [0, 0.1) is 0 Å². The van der Waals surface area contributed by atoms with E-state index >= 15 is 0 Å². The molecule has 0 atom stereocenters. The lowest BCUT2D eigenvalue weighted by molar-refractivity contribution is -0.116. The second-order valence-corrected chi connectivity index (χ2v) is 5.99. The summed E-state index contributed by atoms with van der Waals surface area (Å²) in [7, 11) is 0. The molecule has 0 unspecified atom stereocenters. The summed E-state index contributed by atoms with van der Waals surface area (Å²) in [6, 6.07) is 9.60. The predicted molar refractivity (Wildman–Crippen MR) is 91.5 cm³/mol. The third-order valence-corrected chi connectivity index (χ3v) is 4.25. The topological polar surface area (TPSA) is 64.7 Å². The minimum Gasteiger partial charge on any atom is -0.334 e. The van der Waals surface area contributed by atoms with Crippen LogP contribution in [0.25, 0.3) is 11.3 Å². The van der Waals surface area contributed by atoms with E-state index in [2.05, 4.69) is 21.2 Å². The molecule has 0 saturated heterocycles. The summed E-state index contributed by atoms with van der Waals surface area (Å²) < 4.78 is 3.83. The van der Waals surface area contributed by atoms with Crippen molar-refractivity contribution in [2.45, 2.75) is 32.4 Å². The highest BCUT2D eigenvalue weighted by molar-refractivity contribution is 5.94. The first-order valence-corrected chi connectivity index (χ1v) is 8.22. The van der Waals surface area contributed by atoms with Gasteiger partial charge in [0.25, 0.3) is 0 Å². The lowest BCUT2D eigenvalue weighted by Gasteiger charge is -2.11. The van der Waals surface area contributed by atoms with Crippen molar-refractivity contribution < 1.29 is 4.79 Å². The second-order valence-electron chi connectivity index (χ2n) is 5.99. The highest BCUT2D eigenvalue weighted by Gasteiger charge is 2.16. The van der Waals surface area contributed by atoms with E-state index in [9.17, 15) is 4.79 Å². The number of aryl methyl sites for hydroxylation is 2. The van der Waals surface area contributed by atoms with Gasteiger partial charge in [-0.15, -0.1) is 0 Å². The number of imidazole rings is 1. The third kappa shape index (κ3) is 2.95. The van der Waals surface area contributed by atoms with Gasteiger partial charge in [-0.25, -0.2) is 4.98 Å². The minimum atomic E-state index is -0.102. The van der Waals surface area contributed by atoms with Crippen LogP contribution in [0.4, 0.5) is 5.69 Å². The first kappa shape index (κ1) is 14.7. The summed E-state index contributed by atoms with van der Waals surface area (Å²) >= 11 is 0. The maximum Gasteiger partial charge on any atom is 0.246 e. The van der Waals surface area contributed by atoms with Gasteiger partial charge in [0.2, 0.25) is 5.91 Å². The SMILES string of the molecule is O=C(Cn1cccn1)Nc1ccccc1-c1cn2c(n1)CCCC2. The molecule has 1 aromatic carbocycles. The van der Waals surface area contributed by atoms with E-state index in [1.165, 1.54) is 12.8 Å². The fraction of sp³-hybridized carbons (Fsp3) is 0.278. The number of nitrogens with one attached hydrogen (secondary N) is 1. The number of anilines is 1. The number of carbonyl (C=O) groups is 1. The van der Waals surface area contributed by atoms with Crippen LogP contribution in [-0.4, -0.2) is 25.2 Å². The van der Waals surface area contributed by atoms with Crippen molar-refractivity contribution >= 4 is 11.6 Å². The van der Waals surface area contributed by atoms with Crippen LogP contribution >= 0.6 is 0 Å². The molecule has 2 aromatic heterocycles. The Labute approximate surface area is 140 Å². The van der Waals surface area contributed by atoms with E-state index in [4.69, 9.17) is 4.98 Å². The van der Waals surface area contributed by atoms with Gasteiger partial charge in [0.15, 0.2) is 0 Å². The molecule has 122 valence electrons. The molecule has 24 heavy (non-hydrogen) atoms. The number of fused-ring (bicyclic) bond motifs is 1. The van der Waals surface area contributed by atoms with Crippen molar-refractivity contribution in [2.24, 2.45) is 0 Å². The number of nitrogens with zero attached hydrogens (tertiary/aromatic N) is 4. The lowest BCUT2D eigenvalue weighted by Crippen LogP contribution is -2.19. The van der Waals surface area contributed by atoms with Crippen LogP contribution in [0.15, 0.2) is 48.9 Å². The van der Waals surface area contributed by atoms with Crippen LogP contribution in [0.5, 0.6) is 0 Å². The number of hydrogen-bond acceptors (Lipinski definition) is 3. The van der Waals surface area contributed by atoms with Crippen molar-refractivity contribution in [1.29, 1.82) is 0 Å². The predicted octanol–water partition coefficient (Wildman–Crippen LogP) is 2.72. The number of amides is 1. The number of benzene rings is 1. The number of aromatic nitrogens is 4. The summed E-state index contributed by atoms with van der Waals surface area (Å²) in [5.74, 6) is 1.03. The van der Waals surface area contributed by atoms with Gasteiger partial charge in [0.1, 0.15) is 12.4 Å². The summed E-state index contributed by atoms with van der Waals surface area (Å²) in [5, 5.41) is 7.04. The van der Waals surface area contributed by atoms with Crippen molar-refractivity contribution in [3.8, 4) is 11.3 Å². The van der Waals surface area contributed by atoms with E-state index in [1.807, 2.05) is 24.3 Å². The van der Waals surface area contributed by atoms with Gasteiger partial charge in [0.05, 0.1) is 11.4 Å². The Bertz CT molecular complexity index is 827. The molecule has 0 bridgehead atoms. The summed E-state index contributed by atoms with van der Waals surface area (Å²) in [4.78, 5) is 17.0. The van der Waals surface area contributed by atoms with Crippen LogP contribution in [0.2, 0.25) is 0 Å². The van der Waals surface area contributed by atoms with Crippen LogP contribution in [-0.2, 0) is 24.3 Å². The Morgan fingerprint density at radius 3 is 2.96 bits per heavy atom. The quantitative estimate of drug-likeness (QED) is 0.803. The second kappa shape index (κ2) is 6.31. The molecule has 6 heteroatoms. The van der Waals surface area contributed by atoms with Crippen LogP contribution in [0.3, 0.4) is 0 Å². The molecule has 0 spiro atoms. The third-order valence-electron chi connectivity index (χ3n) is 4.25. The summed E-state index contributed by atoms with van der Waals surface area (Å²) in [5.41, 5.74) is 2.65. The fourth-order valence-electron chi connectivity index (χ4n) is 3.09. The molecule has 4 rings (SSSR count).